The van der Waals surface area contributed by atoms with Crippen molar-refractivity contribution < 1.29 is 14.4 Å². The van der Waals surface area contributed by atoms with Gasteiger partial charge in [0, 0.05) is 50.2 Å². The standard InChI is InChI=1S/C24H26BrN3O3/c1-17-4-2-5-18(14-17)16-26-10-12-27(13-11-26)22(29)6-3-9-28-23(30)20-8-7-19(25)15-21(20)24(28)31/h2,4-5,7-8,14-15H,3,6,9-13,16H2,1H3. The number of carbonyl (C=O) groups is 3. The van der Waals surface area contributed by atoms with Crippen LogP contribution in [0.1, 0.15) is 44.7 Å². The minimum absolute atomic E-state index is 0.0922. The normalized spacial score (nSPS) is 16.7. The van der Waals surface area contributed by atoms with Gasteiger partial charge in [-0.3, -0.25) is 24.2 Å². The molecule has 0 saturated carbocycles. The highest BCUT2D eigenvalue weighted by Gasteiger charge is 2.35. The van der Waals surface area contributed by atoms with Crippen molar-refractivity contribution in [2.75, 3.05) is 32.7 Å². The summed E-state index contributed by atoms with van der Waals surface area (Å²) < 4.78 is 0.769. The van der Waals surface area contributed by atoms with Gasteiger partial charge >= 0.3 is 0 Å². The Kier molecular flexibility index (Phi) is 6.53. The first-order valence-electron chi connectivity index (χ1n) is 10.6. The molecule has 2 heterocycles. The molecule has 1 saturated heterocycles. The Morgan fingerprint density at radius 1 is 0.968 bits per heavy atom. The largest absolute Gasteiger partial charge is 0.340 e. The van der Waals surface area contributed by atoms with Crippen LogP contribution in [0.15, 0.2) is 46.9 Å². The second-order valence-electron chi connectivity index (χ2n) is 8.20. The lowest BCUT2D eigenvalue weighted by molar-refractivity contribution is -0.133. The molecule has 4 rings (SSSR count). The van der Waals surface area contributed by atoms with Crippen molar-refractivity contribution in [3.05, 3.63) is 69.2 Å². The lowest BCUT2D eigenvalue weighted by atomic mass is 10.1. The number of hydrogen-bond acceptors (Lipinski definition) is 4. The summed E-state index contributed by atoms with van der Waals surface area (Å²) in [7, 11) is 0. The van der Waals surface area contributed by atoms with Crippen LogP contribution in [0.4, 0.5) is 0 Å². The third-order valence-electron chi connectivity index (χ3n) is 5.92. The first-order chi connectivity index (χ1) is 14.9. The Bertz CT molecular complexity index is 1010. The van der Waals surface area contributed by atoms with Crippen molar-refractivity contribution in [3.8, 4) is 0 Å². The van der Waals surface area contributed by atoms with Crippen LogP contribution < -0.4 is 0 Å². The molecule has 2 aromatic carbocycles. The third kappa shape index (κ3) is 4.88. The number of amides is 3. The fourth-order valence-electron chi connectivity index (χ4n) is 4.24. The van der Waals surface area contributed by atoms with Crippen molar-refractivity contribution in [1.29, 1.82) is 0 Å². The fraction of sp³-hybridized carbons (Fsp3) is 0.375. The molecule has 2 aliphatic heterocycles. The monoisotopic (exact) mass is 483 g/mol. The molecule has 0 radical (unpaired) electrons. The van der Waals surface area contributed by atoms with E-state index in [1.807, 2.05) is 4.90 Å². The van der Waals surface area contributed by atoms with Crippen LogP contribution in [0.3, 0.4) is 0 Å². The summed E-state index contributed by atoms with van der Waals surface area (Å²) in [6.45, 7) is 6.40. The predicted molar refractivity (Wildman–Crippen MR) is 122 cm³/mol. The lowest BCUT2D eigenvalue weighted by Crippen LogP contribution is -2.48. The molecule has 1 fully saturated rings. The van der Waals surface area contributed by atoms with E-state index in [2.05, 4.69) is 52.0 Å². The van der Waals surface area contributed by atoms with Gasteiger partial charge < -0.3 is 4.90 Å². The highest BCUT2D eigenvalue weighted by molar-refractivity contribution is 9.10. The molecule has 0 N–H and O–H groups in total. The SMILES string of the molecule is Cc1cccc(CN2CCN(C(=O)CCCN3C(=O)c4ccc(Br)cc4C3=O)CC2)c1. The Balaban J connectivity index is 1.22. The minimum Gasteiger partial charge on any atom is -0.340 e. The quantitative estimate of drug-likeness (QED) is 0.590. The summed E-state index contributed by atoms with van der Waals surface area (Å²) in [5.41, 5.74) is 3.42. The van der Waals surface area contributed by atoms with Crippen molar-refractivity contribution >= 4 is 33.7 Å². The molecule has 2 aliphatic rings. The fourth-order valence-corrected chi connectivity index (χ4v) is 4.60. The molecule has 0 bridgehead atoms. The molecule has 0 unspecified atom stereocenters. The van der Waals surface area contributed by atoms with Gasteiger partial charge in [-0.05, 0) is 37.1 Å². The number of carbonyl (C=O) groups excluding carboxylic acids is 3. The van der Waals surface area contributed by atoms with Gasteiger partial charge in [0.2, 0.25) is 5.91 Å². The van der Waals surface area contributed by atoms with Crippen molar-refractivity contribution in [3.63, 3.8) is 0 Å². The number of aryl methyl sites for hydroxylation is 1. The van der Waals surface area contributed by atoms with Gasteiger partial charge in [0.1, 0.15) is 0 Å². The Morgan fingerprint density at radius 3 is 2.45 bits per heavy atom. The van der Waals surface area contributed by atoms with Crippen LogP contribution >= 0.6 is 15.9 Å². The highest BCUT2D eigenvalue weighted by atomic mass is 79.9. The average Bonchev–Trinajstić information content (AvgIpc) is 2.98. The van der Waals surface area contributed by atoms with E-state index in [0.717, 1.165) is 24.1 Å². The maximum Gasteiger partial charge on any atom is 0.261 e. The first kappa shape index (κ1) is 21.7. The van der Waals surface area contributed by atoms with Gasteiger partial charge in [0.25, 0.3) is 11.8 Å². The summed E-state index contributed by atoms with van der Waals surface area (Å²) in [6, 6.07) is 13.6. The second kappa shape index (κ2) is 9.32. The molecule has 162 valence electrons. The number of hydrogen-bond donors (Lipinski definition) is 0. The number of benzene rings is 2. The molecule has 0 aliphatic carbocycles. The number of nitrogens with zero attached hydrogens (tertiary/aromatic N) is 3. The smallest absolute Gasteiger partial charge is 0.261 e. The molecule has 7 heteroatoms. The minimum atomic E-state index is -0.279. The first-order valence-corrected chi connectivity index (χ1v) is 11.4. The summed E-state index contributed by atoms with van der Waals surface area (Å²) >= 11 is 3.34. The third-order valence-corrected chi connectivity index (χ3v) is 6.41. The van der Waals surface area contributed by atoms with Crippen LogP contribution in [0.2, 0.25) is 0 Å². The van der Waals surface area contributed by atoms with Crippen LogP contribution in [-0.4, -0.2) is 65.1 Å². The second-order valence-corrected chi connectivity index (χ2v) is 9.12. The average molecular weight is 484 g/mol. The number of rotatable bonds is 6. The van der Waals surface area contributed by atoms with Gasteiger partial charge in [-0.15, -0.1) is 0 Å². The predicted octanol–water partition coefficient (Wildman–Crippen LogP) is 3.48. The topological polar surface area (TPSA) is 60.9 Å². The van der Waals surface area contributed by atoms with Crippen molar-refractivity contribution in [2.45, 2.75) is 26.3 Å². The van der Waals surface area contributed by atoms with Crippen LogP contribution in [0, 0.1) is 6.92 Å². The summed E-state index contributed by atoms with van der Waals surface area (Å²) in [5, 5.41) is 0. The molecule has 2 aromatic rings. The molecule has 0 aromatic heterocycles. The zero-order valence-corrected chi connectivity index (χ0v) is 19.2. The Labute approximate surface area is 190 Å². The lowest BCUT2D eigenvalue weighted by Gasteiger charge is -2.35. The van der Waals surface area contributed by atoms with E-state index in [1.165, 1.54) is 16.0 Å². The Hall–Kier alpha value is -2.51. The maximum atomic E-state index is 12.6. The van der Waals surface area contributed by atoms with Gasteiger partial charge in [0.05, 0.1) is 11.1 Å². The molecular formula is C24H26BrN3O3. The van der Waals surface area contributed by atoms with Gasteiger partial charge in [-0.25, -0.2) is 0 Å². The van der Waals surface area contributed by atoms with Crippen LogP contribution in [0.25, 0.3) is 0 Å². The molecule has 31 heavy (non-hydrogen) atoms. The highest BCUT2D eigenvalue weighted by Crippen LogP contribution is 2.26. The number of fused-ring (bicyclic) bond motifs is 1. The summed E-state index contributed by atoms with van der Waals surface area (Å²) in [5.74, 6) is -0.460. The van der Waals surface area contributed by atoms with Crippen molar-refractivity contribution in [1.82, 2.24) is 14.7 Å². The van der Waals surface area contributed by atoms with Gasteiger partial charge in [0.15, 0.2) is 0 Å². The summed E-state index contributed by atoms with van der Waals surface area (Å²) in [6.07, 6.45) is 0.823. The molecule has 6 nitrogen and oxygen atoms in total. The van der Waals surface area contributed by atoms with E-state index in [0.29, 0.717) is 37.1 Å². The van der Waals surface area contributed by atoms with E-state index in [9.17, 15) is 14.4 Å². The van der Waals surface area contributed by atoms with E-state index in [1.54, 1.807) is 18.2 Å². The molecule has 0 atom stereocenters. The molecular weight excluding hydrogens is 458 g/mol. The number of imide groups is 1. The molecule has 0 spiro atoms. The van der Waals surface area contributed by atoms with E-state index in [4.69, 9.17) is 0 Å². The number of piperazine rings is 1. The molecule has 3 amide bonds. The van der Waals surface area contributed by atoms with E-state index >= 15 is 0 Å². The van der Waals surface area contributed by atoms with E-state index in [-0.39, 0.29) is 24.3 Å². The van der Waals surface area contributed by atoms with Crippen LogP contribution in [-0.2, 0) is 11.3 Å². The maximum absolute atomic E-state index is 12.6. The van der Waals surface area contributed by atoms with E-state index < -0.39 is 0 Å². The number of halogens is 1. The zero-order valence-electron chi connectivity index (χ0n) is 17.6. The van der Waals surface area contributed by atoms with Gasteiger partial charge in [-0.2, -0.15) is 0 Å². The van der Waals surface area contributed by atoms with Crippen LogP contribution in [0.5, 0.6) is 0 Å². The zero-order chi connectivity index (χ0) is 22.0. The van der Waals surface area contributed by atoms with Gasteiger partial charge in [-0.1, -0.05) is 45.8 Å². The summed E-state index contributed by atoms with van der Waals surface area (Å²) in [4.78, 5) is 43.2. The van der Waals surface area contributed by atoms with Crippen molar-refractivity contribution in [2.24, 2.45) is 0 Å². The Morgan fingerprint density at radius 2 is 1.71 bits per heavy atom.